The van der Waals surface area contributed by atoms with Crippen molar-refractivity contribution in [2.75, 3.05) is 13.2 Å². The standard InChI is InChI=1S/C14H28N2O2/c1-3-5-6-12(4-2)10-18-11-14(7-8-14)9-13(15)16-17/h12,17H,3-11H2,1-2H3,(H2,15,16). The average molecular weight is 256 g/mol. The van der Waals surface area contributed by atoms with E-state index in [1.807, 2.05) is 0 Å². The van der Waals surface area contributed by atoms with Crippen LogP contribution in [-0.4, -0.2) is 24.3 Å². The Morgan fingerprint density at radius 1 is 1.44 bits per heavy atom. The lowest BCUT2D eigenvalue weighted by Crippen LogP contribution is -2.22. The number of rotatable bonds is 10. The Bertz CT molecular complexity index is 263. The summed E-state index contributed by atoms with van der Waals surface area (Å²) in [5.74, 6) is 1.01. The molecule has 0 heterocycles. The Labute approximate surface area is 111 Å². The fourth-order valence-electron chi connectivity index (χ4n) is 2.31. The fourth-order valence-corrected chi connectivity index (χ4v) is 2.31. The molecule has 0 bridgehead atoms. The molecule has 1 fully saturated rings. The van der Waals surface area contributed by atoms with E-state index >= 15 is 0 Å². The molecule has 1 atom stereocenters. The molecule has 0 saturated heterocycles. The number of hydrogen-bond donors (Lipinski definition) is 2. The molecule has 0 aromatic heterocycles. The Kier molecular flexibility index (Phi) is 6.47. The van der Waals surface area contributed by atoms with Crippen molar-refractivity contribution in [2.24, 2.45) is 22.2 Å². The summed E-state index contributed by atoms with van der Waals surface area (Å²) in [5, 5.41) is 11.6. The number of nitrogens with zero attached hydrogens (tertiary/aromatic N) is 1. The van der Waals surface area contributed by atoms with Gasteiger partial charge in [-0.15, -0.1) is 0 Å². The first-order chi connectivity index (χ1) is 8.65. The molecule has 1 unspecified atom stereocenters. The van der Waals surface area contributed by atoms with Gasteiger partial charge in [-0.2, -0.15) is 0 Å². The lowest BCUT2D eigenvalue weighted by molar-refractivity contribution is 0.0610. The molecule has 0 spiro atoms. The monoisotopic (exact) mass is 256 g/mol. The number of ether oxygens (including phenoxy) is 1. The summed E-state index contributed by atoms with van der Waals surface area (Å²) in [6.07, 6.45) is 7.92. The van der Waals surface area contributed by atoms with Crippen molar-refractivity contribution in [2.45, 2.75) is 58.8 Å². The minimum Gasteiger partial charge on any atom is -0.409 e. The number of oxime groups is 1. The maximum absolute atomic E-state index is 8.60. The van der Waals surface area contributed by atoms with Gasteiger partial charge in [0.15, 0.2) is 0 Å². The maximum Gasteiger partial charge on any atom is 0.139 e. The number of amidine groups is 1. The third-order valence-corrected chi connectivity index (χ3v) is 3.95. The van der Waals surface area contributed by atoms with E-state index < -0.39 is 0 Å². The van der Waals surface area contributed by atoms with Gasteiger partial charge in [0.1, 0.15) is 5.84 Å². The Hall–Kier alpha value is -0.770. The summed E-state index contributed by atoms with van der Waals surface area (Å²) in [6.45, 7) is 6.07. The van der Waals surface area contributed by atoms with Crippen molar-refractivity contribution in [1.82, 2.24) is 0 Å². The van der Waals surface area contributed by atoms with Crippen LogP contribution in [0.25, 0.3) is 0 Å². The van der Waals surface area contributed by atoms with Gasteiger partial charge in [-0.05, 0) is 25.2 Å². The molecule has 1 saturated carbocycles. The lowest BCUT2D eigenvalue weighted by Gasteiger charge is -2.18. The smallest absolute Gasteiger partial charge is 0.139 e. The molecule has 1 aliphatic rings. The van der Waals surface area contributed by atoms with Crippen LogP contribution in [0.15, 0.2) is 5.16 Å². The van der Waals surface area contributed by atoms with Crippen molar-refractivity contribution < 1.29 is 9.94 Å². The lowest BCUT2D eigenvalue weighted by atomic mass is 10.00. The van der Waals surface area contributed by atoms with E-state index in [9.17, 15) is 0 Å². The van der Waals surface area contributed by atoms with Crippen molar-refractivity contribution in [3.8, 4) is 0 Å². The van der Waals surface area contributed by atoms with Crippen LogP contribution in [-0.2, 0) is 4.74 Å². The van der Waals surface area contributed by atoms with Crippen LogP contribution in [0, 0.1) is 11.3 Å². The van der Waals surface area contributed by atoms with Crippen LogP contribution in [0.4, 0.5) is 0 Å². The van der Waals surface area contributed by atoms with Crippen LogP contribution < -0.4 is 5.73 Å². The fraction of sp³-hybridized carbons (Fsp3) is 0.929. The minimum atomic E-state index is 0.166. The molecule has 0 radical (unpaired) electrons. The minimum absolute atomic E-state index is 0.166. The summed E-state index contributed by atoms with van der Waals surface area (Å²) >= 11 is 0. The largest absolute Gasteiger partial charge is 0.409 e. The third kappa shape index (κ3) is 5.25. The Morgan fingerprint density at radius 2 is 2.17 bits per heavy atom. The van der Waals surface area contributed by atoms with Crippen LogP contribution in [0.3, 0.4) is 0 Å². The van der Waals surface area contributed by atoms with E-state index in [4.69, 9.17) is 15.7 Å². The van der Waals surface area contributed by atoms with Gasteiger partial charge in [-0.3, -0.25) is 0 Å². The molecule has 4 nitrogen and oxygen atoms in total. The van der Waals surface area contributed by atoms with Gasteiger partial charge < -0.3 is 15.7 Å². The molecular formula is C14H28N2O2. The molecule has 1 rings (SSSR count). The van der Waals surface area contributed by atoms with Gasteiger partial charge in [0, 0.05) is 18.4 Å². The van der Waals surface area contributed by atoms with Crippen LogP contribution in [0.5, 0.6) is 0 Å². The van der Waals surface area contributed by atoms with Gasteiger partial charge in [-0.25, -0.2) is 0 Å². The van der Waals surface area contributed by atoms with Crippen molar-refractivity contribution in [3.05, 3.63) is 0 Å². The van der Waals surface area contributed by atoms with Crippen molar-refractivity contribution in [1.29, 1.82) is 0 Å². The van der Waals surface area contributed by atoms with Crippen LogP contribution in [0.1, 0.15) is 58.8 Å². The van der Waals surface area contributed by atoms with Gasteiger partial charge in [0.2, 0.25) is 0 Å². The first-order valence-electron chi connectivity index (χ1n) is 7.20. The molecule has 18 heavy (non-hydrogen) atoms. The predicted molar refractivity (Wildman–Crippen MR) is 73.8 cm³/mol. The third-order valence-electron chi connectivity index (χ3n) is 3.95. The highest BCUT2D eigenvalue weighted by atomic mass is 16.5. The normalized spacial score (nSPS) is 19.8. The molecule has 0 aromatic rings. The van der Waals surface area contributed by atoms with Gasteiger partial charge in [0.05, 0.1) is 6.61 Å². The average Bonchev–Trinajstić information content (AvgIpc) is 3.13. The van der Waals surface area contributed by atoms with Crippen LogP contribution in [0.2, 0.25) is 0 Å². The number of unbranched alkanes of at least 4 members (excludes halogenated alkanes) is 1. The Balaban J connectivity index is 2.20. The maximum atomic E-state index is 8.60. The van der Waals surface area contributed by atoms with E-state index in [-0.39, 0.29) is 5.41 Å². The SMILES string of the molecule is CCCCC(CC)COCC1(CC(N)=NO)CC1. The molecule has 3 N–H and O–H groups in total. The quantitative estimate of drug-likeness (QED) is 0.273. The summed E-state index contributed by atoms with van der Waals surface area (Å²) in [4.78, 5) is 0. The number of nitrogens with two attached hydrogens (primary N) is 1. The molecule has 1 aliphatic carbocycles. The van der Waals surface area contributed by atoms with E-state index in [2.05, 4.69) is 19.0 Å². The Morgan fingerprint density at radius 3 is 2.67 bits per heavy atom. The zero-order valence-corrected chi connectivity index (χ0v) is 11.8. The highest BCUT2D eigenvalue weighted by molar-refractivity contribution is 5.80. The summed E-state index contributed by atoms with van der Waals surface area (Å²) in [6, 6.07) is 0. The highest BCUT2D eigenvalue weighted by Crippen LogP contribution is 2.49. The van der Waals surface area contributed by atoms with E-state index in [1.54, 1.807) is 0 Å². The second kappa shape index (κ2) is 7.62. The van der Waals surface area contributed by atoms with Gasteiger partial charge >= 0.3 is 0 Å². The zero-order valence-electron chi connectivity index (χ0n) is 11.8. The van der Waals surface area contributed by atoms with Crippen LogP contribution >= 0.6 is 0 Å². The highest BCUT2D eigenvalue weighted by Gasteiger charge is 2.43. The molecule has 106 valence electrons. The summed E-state index contributed by atoms with van der Waals surface area (Å²) < 4.78 is 5.86. The molecule has 4 heteroatoms. The number of hydrogen-bond acceptors (Lipinski definition) is 3. The van der Waals surface area contributed by atoms with E-state index in [0.717, 1.165) is 26.1 Å². The van der Waals surface area contributed by atoms with E-state index in [1.165, 1.54) is 25.7 Å². The first-order valence-corrected chi connectivity index (χ1v) is 7.20. The van der Waals surface area contributed by atoms with Gasteiger partial charge in [-0.1, -0.05) is 38.3 Å². The molecule has 0 amide bonds. The van der Waals surface area contributed by atoms with Gasteiger partial charge in [0.25, 0.3) is 0 Å². The molecule has 0 aliphatic heterocycles. The zero-order chi connectivity index (χ0) is 13.4. The topological polar surface area (TPSA) is 67.8 Å². The first kappa shape index (κ1) is 15.3. The second-order valence-corrected chi connectivity index (χ2v) is 5.70. The molecule has 0 aromatic carbocycles. The second-order valence-electron chi connectivity index (χ2n) is 5.70. The molecular weight excluding hydrogens is 228 g/mol. The van der Waals surface area contributed by atoms with E-state index in [0.29, 0.717) is 18.2 Å². The predicted octanol–water partition coefficient (Wildman–Crippen LogP) is 3.14. The van der Waals surface area contributed by atoms with Crippen molar-refractivity contribution in [3.63, 3.8) is 0 Å². The summed E-state index contributed by atoms with van der Waals surface area (Å²) in [7, 11) is 0. The van der Waals surface area contributed by atoms with Crippen molar-refractivity contribution >= 4 is 5.84 Å². The summed E-state index contributed by atoms with van der Waals surface area (Å²) in [5.41, 5.74) is 5.73.